The summed E-state index contributed by atoms with van der Waals surface area (Å²) in [6.45, 7) is 3.70. The van der Waals surface area contributed by atoms with Crippen molar-refractivity contribution in [2.75, 3.05) is 11.9 Å². The lowest BCUT2D eigenvalue weighted by Gasteiger charge is -2.20. The van der Waals surface area contributed by atoms with Crippen LogP contribution >= 0.6 is 11.3 Å². The molecule has 2 heterocycles. The molecule has 0 aliphatic heterocycles. The topological polar surface area (TPSA) is 87.4 Å². The van der Waals surface area contributed by atoms with Crippen LogP contribution < -0.4 is 10.6 Å². The molecule has 2 aromatic heterocycles. The third-order valence-corrected chi connectivity index (χ3v) is 3.73. The van der Waals surface area contributed by atoms with Gasteiger partial charge in [-0.1, -0.05) is 13.3 Å². The Balaban J connectivity index is 1.84. The number of anilines is 1. The minimum atomic E-state index is -1.25. The summed E-state index contributed by atoms with van der Waals surface area (Å²) < 4.78 is 5.15. The normalized spacial score (nSPS) is 13.7. The predicted molar refractivity (Wildman–Crippen MR) is 81.4 cm³/mol. The Hall–Kier alpha value is -1.86. The van der Waals surface area contributed by atoms with Gasteiger partial charge in [0.25, 0.3) is 0 Å². The van der Waals surface area contributed by atoms with Crippen LogP contribution in [0.4, 0.5) is 9.93 Å². The second kappa shape index (κ2) is 6.73. The van der Waals surface area contributed by atoms with Crippen LogP contribution in [0.5, 0.6) is 0 Å². The number of rotatable bonds is 6. The molecule has 7 heteroatoms. The number of hydrogen-bond acceptors (Lipinski definition) is 5. The van der Waals surface area contributed by atoms with Gasteiger partial charge in [0.15, 0.2) is 5.13 Å². The number of aromatic nitrogens is 1. The van der Waals surface area contributed by atoms with Gasteiger partial charge in [-0.2, -0.15) is 0 Å². The zero-order valence-corrected chi connectivity index (χ0v) is 12.9. The van der Waals surface area contributed by atoms with Gasteiger partial charge in [-0.05, 0) is 25.5 Å². The van der Waals surface area contributed by atoms with Crippen molar-refractivity contribution >= 4 is 22.5 Å². The minimum absolute atomic E-state index is 0.0412. The van der Waals surface area contributed by atoms with Crippen LogP contribution in [0.2, 0.25) is 0 Å². The summed E-state index contributed by atoms with van der Waals surface area (Å²) >= 11 is 1.38. The van der Waals surface area contributed by atoms with Crippen LogP contribution in [0.15, 0.2) is 28.2 Å². The van der Waals surface area contributed by atoms with Gasteiger partial charge in [0.05, 0.1) is 18.5 Å². The van der Waals surface area contributed by atoms with Crippen molar-refractivity contribution in [1.29, 1.82) is 0 Å². The minimum Gasteiger partial charge on any atom is -0.466 e. The Morgan fingerprint density at radius 3 is 3.05 bits per heavy atom. The molecule has 0 bridgehead atoms. The van der Waals surface area contributed by atoms with E-state index < -0.39 is 11.6 Å². The maximum absolute atomic E-state index is 11.8. The van der Waals surface area contributed by atoms with Crippen molar-refractivity contribution in [3.8, 4) is 0 Å². The molecule has 0 saturated carbocycles. The second-order valence-electron chi connectivity index (χ2n) is 4.95. The van der Waals surface area contributed by atoms with Crippen LogP contribution in [0.1, 0.15) is 31.7 Å². The number of thiazole rings is 1. The molecule has 6 nitrogen and oxygen atoms in total. The van der Waals surface area contributed by atoms with E-state index in [0.717, 1.165) is 18.5 Å². The Labute approximate surface area is 127 Å². The van der Waals surface area contributed by atoms with E-state index in [9.17, 15) is 9.90 Å². The van der Waals surface area contributed by atoms with E-state index in [2.05, 4.69) is 22.5 Å². The maximum atomic E-state index is 11.8. The van der Waals surface area contributed by atoms with Crippen molar-refractivity contribution in [2.24, 2.45) is 0 Å². The van der Waals surface area contributed by atoms with E-state index in [1.54, 1.807) is 19.1 Å². The summed E-state index contributed by atoms with van der Waals surface area (Å²) in [5.74, 6) is 0.405. The summed E-state index contributed by atoms with van der Waals surface area (Å²) in [6.07, 6.45) is 3.39. The zero-order chi connectivity index (χ0) is 15.3. The monoisotopic (exact) mass is 309 g/mol. The fourth-order valence-corrected chi connectivity index (χ4v) is 2.54. The zero-order valence-electron chi connectivity index (χ0n) is 12.0. The molecule has 0 fully saturated rings. The summed E-state index contributed by atoms with van der Waals surface area (Å²) in [5.41, 5.74) is -0.280. The highest BCUT2D eigenvalue weighted by Gasteiger charge is 2.26. The lowest BCUT2D eigenvalue weighted by atomic mass is 10.0. The highest BCUT2D eigenvalue weighted by molar-refractivity contribution is 7.13. The summed E-state index contributed by atoms with van der Waals surface area (Å²) in [7, 11) is 0. The molecule has 1 unspecified atom stereocenters. The van der Waals surface area contributed by atoms with Crippen molar-refractivity contribution in [3.63, 3.8) is 0 Å². The Bertz CT molecular complexity index is 578. The first-order valence-corrected chi connectivity index (χ1v) is 7.65. The number of nitrogens with one attached hydrogen (secondary N) is 2. The number of furan rings is 1. The molecule has 2 amide bonds. The molecular formula is C14H19N3O3S. The van der Waals surface area contributed by atoms with E-state index >= 15 is 0 Å². The third-order valence-electron chi connectivity index (χ3n) is 2.92. The molecule has 21 heavy (non-hydrogen) atoms. The summed E-state index contributed by atoms with van der Waals surface area (Å²) in [4.78, 5) is 16.1. The highest BCUT2D eigenvalue weighted by atomic mass is 32.1. The Morgan fingerprint density at radius 2 is 2.38 bits per heavy atom. The van der Waals surface area contributed by atoms with E-state index in [1.807, 2.05) is 5.38 Å². The molecule has 0 aliphatic carbocycles. The number of aliphatic hydroxyl groups is 1. The van der Waals surface area contributed by atoms with Crippen LogP contribution in [0, 0.1) is 0 Å². The van der Waals surface area contributed by atoms with Gasteiger partial charge >= 0.3 is 6.03 Å². The van der Waals surface area contributed by atoms with Gasteiger partial charge < -0.3 is 14.8 Å². The van der Waals surface area contributed by atoms with E-state index in [4.69, 9.17) is 4.42 Å². The molecule has 114 valence electrons. The lowest BCUT2D eigenvalue weighted by molar-refractivity contribution is 0.0372. The predicted octanol–water partition coefficient (Wildman–Crippen LogP) is 2.72. The maximum Gasteiger partial charge on any atom is 0.321 e. The largest absolute Gasteiger partial charge is 0.466 e. The second-order valence-corrected chi connectivity index (χ2v) is 5.81. The standard InChI is InChI=1S/C14H19N3O3S/c1-3-5-10-8-21-13(16-10)17-12(18)15-9-14(2,19)11-6-4-7-20-11/h4,6-8,19H,3,5,9H2,1-2H3,(H2,15,16,17,18). The van der Waals surface area contributed by atoms with Crippen molar-refractivity contribution in [3.05, 3.63) is 35.2 Å². The third kappa shape index (κ3) is 4.30. The summed E-state index contributed by atoms with van der Waals surface area (Å²) in [5, 5.41) is 18.0. The first-order chi connectivity index (χ1) is 10.0. The van der Waals surface area contributed by atoms with Crippen LogP contribution in [0.25, 0.3) is 0 Å². The van der Waals surface area contributed by atoms with E-state index in [0.29, 0.717) is 10.9 Å². The van der Waals surface area contributed by atoms with Gasteiger partial charge in [-0.15, -0.1) is 11.3 Å². The SMILES string of the molecule is CCCc1csc(NC(=O)NCC(C)(O)c2ccco2)n1. The number of nitrogens with zero attached hydrogens (tertiary/aromatic N) is 1. The van der Waals surface area contributed by atoms with E-state index in [1.165, 1.54) is 17.6 Å². The number of amides is 2. The number of hydrogen-bond donors (Lipinski definition) is 3. The molecule has 0 saturated heterocycles. The fourth-order valence-electron chi connectivity index (χ4n) is 1.80. The number of urea groups is 1. The Morgan fingerprint density at radius 1 is 1.57 bits per heavy atom. The molecule has 0 spiro atoms. The molecule has 2 aromatic rings. The van der Waals surface area contributed by atoms with Crippen LogP contribution in [-0.2, 0) is 12.0 Å². The van der Waals surface area contributed by atoms with Crippen molar-refractivity contribution in [1.82, 2.24) is 10.3 Å². The smallest absolute Gasteiger partial charge is 0.321 e. The number of carbonyl (C=O) groups is 1. The molecule has 0 aromatic carbocycles. The van der Waals surface area contributed by atoms with Gasteiger partial charge in [-0.3, -0.25) is 5.32 Å². The molecule has 2 rings (SSSR count). The molecular weight excluding hydrogens is 290 g/mol. The number of aryl methyl sites for hydroxylation is 1. The fraction of sp³-hybridized carbons (Fsp3) is 0.429. The quantitative estimate of drug-likeness (QED) is 0.765. The van der Waals surface area contributed by atoms with Gasteiger partial charge in [-0.25, -0.2) is 9.78 Å². The molecule has 3 N–H and O–H groups in total. The average molecular weight is 309 g/mol. The average Bonchev–Trinajstić information content (AvgIpc) is 3.09. The van der Waals surface area contributed by atoms with E-state index in [-0.39, 0.29) is 6.54 Å². The van der Waals surface area contributed by atoms with Gasteiger partial charge in [0.1, 0.15) is 11.4 Å². The van der Waals surface area contributed by atoms with Crippen LogP contribution in [0.3, 0.4) is 0 Å². The van der Waals surface area contributed by atoms with Crippen molar-refractivity contribution in [2.45, 2.75) is 32.3 Å². The van der Waals surface area contributed by atoms with Crippen LogP contribution in [-0.4, -0.2) is 22.7 Å². The first kappa shape index (κ1) is 15.5. The first-order valence-electron chi connectivity index (χ1n) is 6.77. The van der Waals surface area contributed by atoms with Gasteiger partial charge in [0, 0.05) is 5.38 Å². The Kier molecular flexibility index (Phi) is 4.98. The molecule has 1 atom stereocenters. The lowest BCUT2D eigenvalue weighted by Crippen LogP contribution is -2.40. The number of carbonyl (C=O) groups excluding carboxylic acids is 1. The van der Waals surface area contributed by atoms with Crippen molar-refractivity contribution < 1.29 is 14.3 Å². The molecule has 0 radical (unpaired) electrons. The van der Waals surface area contributed by atoms with Gasteiger partial charge in [0.2, 0.25) is 0 Å². The highest BCUT2D eigenvalue weighted by Crippen LogP contribution is 2.20. The molecule has 0 aliphatic rings. The summed E-state index contributed by atoms with van der Waals surface area (Å²) in [6, 6.07) is 2.95.